The zero-order chi connectivity index (χ0) is 27.9. The Bertz CT molecular complexity index is 1420. The molecule has 2 aliphatic heterocycles. The van der Waals surface area contributed by atoms with Crippen molar-refractivity contribution in [1.29, 1.82) is 0 Å². The molecule has 1 amide bonds. The Morgan fingerprint density at radius 2 is 1.92 bits per heavy atom. The molecule has 4 heterocycles. The fraction of sp³-hybridized carbons (Fsp3) is 0.517. The number of ether oxygens (including phenoxy) is 2. The van der Waals surface area contributed by atoms with E-state index in [1.54, 1.807) is 13.0 Å². The van der Waals surface area contributed by atoms with Crippen molar-refractivity contribution in [3.8, 4) is 5.75 Å². The largest absolute Gasteiger partial charge is 0.496 e. The number of methoxy groups -OCH3 is 1. The molecule has 3 aromatic rings. The lowest BCUT2D eigenvalue weighted by molar-refractivity contribution is -0.208. The smallest absolute Gasteiger partial charge is 0.261 e. The van der Waals surface area contributed by atoms with Crippen LogP contribution in [-0.4, -0.2) is 65.7 Å². The third-order valence-corrected chi connectivity index (χ3v) is 8.63. The van der Waals surface area contributed by atoms with E-state index in [2.05, 4.69) is 21.8 Å². The van der Waals surface area contributed by atoms with Gasteiger partial charge in [-0.3, -0.25) is 14.5 Å². The van der Waals surface area contributed by atoms with Crippen LogP contribution >= 0.6 is 0 Å². The topological polar surface area (TPSA) is 88.6 Å². The first-order chi connectivity index (χ1) is 18.7. The van der Waals surface area contributed by atoms with E-state index in [0.717, 1.165) is 29.4 Å². The first-order valence-electron chi connectivity index (χ1n) is 13.4. The number of aromatic amines is 1. The Hall–Kier alpha value is -3.24. The van der Waals surface area contributed by atoms with Crippen molar-refractivity contribution < 1.29 is 23.0 Å². The Kier molecular flexibility index (Phi) is 7.52. The Labute approximate surface area is 226 Å². The van der Waals surface area contributed by atoms with Crippen molar-refractivity contribution in [3.05, 3.63) is 63.2 Å². The summed E-state index contributed by atoms with van der Waals surface area (Å²) in [5.74, 6) is 0.436. The quantitative estimate of drug-likeness (QED) is 0.446. The van der Waals surface area contributed by atoms with E-state index in [4.69, 9.17) is 9.47 Å². The monoisotopic (exact) mass is 542 g/mol. The second kappa shape index (κ2) is 10.7. The van der Waals surface area contributed by atoms with Crippen LogP contribution in [0.1, 0.15) is 53.1 Å². The number of piperidine rings is 1. The van der Waals surface area contributed by atoms with Gasteiger partial charge in [-0.1, -0.05) is 18.2 Å². The first-order valence-corrected chi connectivity index (χ1v) is 13.4. The summed E-state index contributed by atoms with van der Waals surface area (Å²) in [6, 6.07) is 9.60. The molecular weight excluding hydrogens is 506 g/mol. The number of amides is 1. The maximum Gasteiger partial charge on any atom is 0.261 e. The van der Waals surface area contributed by atoms with Crippen LogP contribution in [0, 0.1) is 19.8 Å². The number of nitrogens with one attached hydrogen (secondary N) is 2. The number of carbonyl (C=O) groups is 1. The predicted molar refractivity (Wildman–Crippen MR) is 145 cm³/mol. The van der Waals surface area contributed by atoms with Gasteiger partial charge in [0.25, 0.3) is 17.9 Å². The number of hydrogen-bond donors (Lipinski definition) is 2. The summed E-state index contributed by atoms with van der Waals surface area (Å²) in [6.45, 7) is 7.26. The third kappa shape index (κ3) is 4.74. The van der Waals surface area contributed by atoms with Gasteiger partial charge in [-0.25, -0.2) is 8.78 Å². The number of aromatic nitrogens is 2. The zero-order valence-electron chi connectivity index (χ0n) is 22.9. The van der Waals surface area contributed by atoms with Crippen LogP contribution in [-0.2, 0) is 11.3 Å². The van der Waals surface area contributed by atoms with E-state index in [9.17, 15) is 18.4 Å². The molecule has 39 heavy (non-hydrogen) atoms. The van der Waals surface area contributed by atoms with Crippen molar-refractivity contribution in [2.24, 2.45) is 5.92 Å². The summed E-state index contributed by atoms with van der Waals surface area (Å²) in [6.07, 6.45) is -0.842. The highest BCUT2D eigenvalue weighted by atomic mass is 19.3. The van der Waals surface area contributed by atoms with E-state index in [0.29, 0.717) is 35.7 Å². The Morgan fingerprint density at radius 3 is 2.54 bits per heavy atom. The summed E-state index contributed by atoms with van der Waals surface area (Å²) in [4.78, 5) is 30.7. The number of para-hydroxylation sites is 1. The van der Waals surface area contributed by atoms with Crippen LogP contribution in [0.5, 0.6) is 5.75 Å². The van der Waals surface area contributed by atoms with Crippen molar-refractivity contribution in [2.45, 2.75) is 58.2 Å². The summed E-state index contributed by atoms with van der Waals surface area (Å²) in [5.41, 5.74) is 1.96. The van der Waals surface area contributed by atoms with Gasteiger partial charge in [0.1, 0.15) is 11.3 Å². The number of benzene rings is 1. The summed E-state index contributed by atoms with van der Waals surface area (Å²) >= 11 is 0. The van der Waals surface area contributed by atoms with Crippen LogP contribution in [0.15, 0.2) is 35.1 Å². The first kappa shape index (κ1) is 27.3. The van der Waals surface area contributed by atoms with Gasteiger partial charge >= 0.3 is 0 Å². The molecule has 2 aliphatic rings. The van der Waals surface area contributed by atoms with Gasteiger partial charge < -0.3 is 24.3 Å². The average molecular weight is 543 g/mol. The molecule has 2 aromatic heterocycles. The second-order valence-corrected chi connectivity index (χ2v) is 10.8. The van der Waals surface area contributed by atoms with Crippen molar-refractivity contribution >= 4 is 16.8 Å². The average Bonchev–Trinajstić information content (AvgIpc) is 3.18. The van der Waals surface area contributed by atoms with Crippen LogP contribution in [0.2, 0.25) is 0 Å². The molecule has 0 spiro atoms. The molecule has 0 bridgehead atoms. The van der Waals surface area contributed by atoms with Gasteiger partial charge in [0, 0.05) is 28.3 Å². The zero-order valence-corrected chi connectivity index (χ0v) is 22.9. The number of nitrogens with zero attached hydrogens (tertiary/aromatic N) is 2. The number of alkyl halides is 2. The molecule has 210 valence electrons. The summed E-state index contributed by atoms with van der Waals surface area (Å²) in [7, 11) is 1.50. The molecule has 10 heteroatoms. The SMILES string of the molecule is COc1cc(C)[nH]c(=O)c1CNC(=O)c1c(C)n(C(C)C2CCN(C3(C(F)F)COC3)CC2)c2ccccc12. The highest BCUT2D eigenvalue weighted by Gasteiger charge is 2.52. The normalized spacial score (nSPS) is 18.7. The van der Waals surface area contributed by atoms with Gasteiger partial charge in [-0.2, -0.15) is 0 Å². The van der Waals surface area contributed by atoms with Gasteiger partial charge in [-0.05, 0) is 64.8 Å². The maximum atomic E-state index is 13.8. The lowest BCUT2D eigenvalue weighted by atomic mass is 9.85. The number of rotatable bonds is 8. The number of fused-ring (bicyclic) bond motifs is 1. The minimum atomic E-state index is -2.42. The van der Waals surface area contributed by atoms with Crippen molar-refractivity contribution in [1.82, 2.24) is 19.8 Å². The summed E-state index contributed by atoms with van der Waals surface area (Å²) < 4.78 is 40.4. The van der Waals surface area contributed by atoms with Gasteiger partial charge in [0.2, 0.25) is 0 Å². The van der Waals surface area contributed by atoms with Crippen LogP contribution < -0.4 is 15.6 Å². The molecule has 5 rings (SSSR count). The molecule has 1 unspecified atom stereocenters. The molecule has 8 nitrogen and oxygen atoms in total. The Morgan fingerprint density at radius 1 is 1.23 bits per heavy atom. The predicted octanol–water partition coefficient (Wildman–Crippen LogP) is 4.19. The summed E-state index contributed by atoms with van der Waals surface area (Å²) in [5, 5.41) is 3.76. The third-order valence-electron chi connectivity index (χ3n) is 8.63. The van der Waals surface area contributed by atoms with Gasteiger partial charge in [-0.15, -0.1) is 0 Å². The van der Waals surface area contributed by atoms with Crippen LogP contribution in [0.3, 0.4) is 0 Å². The molecule has 2 fully saturated rings. The lowest BCUT2D eigenvalue weighted by Crippen LogP contribution is -2.68. The minimum absolute atomic E-state index is 0.0280. The van der Waals surface area contributed by atoms with Gasteiger partial charge in [0.15, 0.2) is 0 Å². The van der Waals surface area contributed by atoms with Crippen molar-refractivity contribution in [2.75, 3.05) is 33.4 Å². The molecule has 2 saturated heterocycles. The number of aryl methyl sites for hydroxylation is 1. The van der Waals surface area contributed by atoms with E-state index < -0.39 is 12.0 Å². The number of carbonyl (C=O) groups excluding carboxylic acids is 1. The molecule has 1 atom stereocenters. The van der Waals surface area contributed by atoms with E-state index in [-0.39, 0.29) is 43.2 Å². The lowest BCUT2D eigenvalue weighted by Gasteiger charge is -2.51. The highest BCUT2D eigenvalue weighted by molar-refractivity contribution is 6.08. The highest BCUT2D eigenvalue weighted by Crippen LogP contribution is 2.39. The maximum absolute atomic E-state index is 13.8. The number of likely N-dealkylation sites (tertiary alicyclic amines) is 1. The number of halogens is 2. The van der Waals surface area contributed by atoms with Crippen LogP contribution in [0.25, 0.3) is 10.9 Å². The Balaban J connectivity index is 1.37. The van der Waals surface area contributed by atoms with E-state index in [1.807, 2.05) is 36.1 Å². The molecule has 0 saturated carbocycles. The molecule has 2 N–H and O–H groups in total. The molecule has 0 radical (unpaired) electrons. The number of pyridine rings is 1. The standard InChI is InChI=1S/C29H36F2N4O4/c1-17-13-24(38-4)22(26(36)33-17)14-32-27(37)25-19(3)35(23-8-6-5-7-21(23)25)18(2)20-9-11-34(12-10-20)29(28(30)31)15-39-16-29/h5-8,13,18,20,28H,9-12,14-16H2,1-4H3,(H,32,37)(H,33,36). The van der Waals surface area contributed by atoms with Gasteiger partial charge in [0.05, 0.1) is 38.0 Å². The van der Waals surface area contributed by atoms with Crippen LogP contribution in [0.4, 0.5) is 8.78 Å². The number of hydrogen-bond acceptors (Lipinski definition) is 5. The number of H-pyrrole nitrogens is 1. The molecule has 0 aliphatic carbocycles. The molecule has 1 aromatic carbocycles. The minimum Gasteiger partial charge on any atom is -0.496 e. The fourth-order valence-corrected chi connectivity index (χ4v) is 6.29. The van der Waals surface area contributed by atoms with E-state index >= 15 is 0 Å². The fourth-order valence-electron chi connectivity index (χ4n) is 6.29. The van der Waals surface area contributed by atoms with Crippen molar-refractivity contribution in [3.63, 3.8) is 0 Å². The molecular formula is C29H36F2N4O4. The van der Waals surface area contributed by atoms with E-state index in [1.165, 1.54) is 7.11 Å². The second-order valence-electron chi connectivity index (χ2n) is 10.8.